The van der Waals surface area contributed by atoms with Crippen molar-refractivity contribution in [2.24, 2.45) is 0 Å². The maximum Gasteiger partial charge on any atom is 0.303 e. The molecule has 0 unspecified atom stereocenters. The summed E-state index contributed by atoms with van der Waals surface area (Å²) in [5.74, 6) is 5.15. The molecule has 1 N–H and O–H groups in total. The number of nitrogens with zero attached hydrogens (tertiary/aromatic N) is 1. The summed E-state index contributed by atoms with van der Waals surface area (Å²) in [5.41, 5.74) is 3.45. The monoisotopic (exact) mass is 375 g/mol. The fourth-order valence-corrected chi connectivity index (χ4v) is 3.15. The second-order valence-corrected chi connectivity index (χ2v) is 6.69. The van der Waals surface area contributed by atoms with Crippen LogP contribution in [0.1, 0.15) is 48.8 Å². The van der Waals surface area contributed by atoms with Crippen molar-refractivity contribution in [1.82, 2.24) is 0 Å². The molecule has 0 aliphatic carbocycles. The summed E-state index contributed by atoms with van der Waals surface area (Å²) in [5, 5.41) is 8.64. The molecule has 0 bridgehead atoms. The van der Waals surface area contributed by atoms with Gasteiger partial charge in [-0.25, -0.2) is 0 Å². The lowest BCUT2D eigenvalue weighted by Crippen LogP contribution is -2.31. The first kappa shape index (κ1) is 19.4. The maximum atomic E-state index is 13.0. The first-order valence-corrected chi connectivity index (χ1v) is 9.27. The summed E-state index contributed by atoms with van der Waals surface area (Å²) in [4.78, 5) is 37.0. The van der Waals surface area contributed by atoms with Gasteiger partial charge in [-0.2, -0.15) is 0 Å². The van der Waals surface area contributed by atoms with Crippen LogP contribution >= 0.6 is 0 Å². The van der Waals surface area contributed by atoms with E-state index >= 15 is 0 Å². The minimum absolute atomic E-state index is 0.0129. The van der Waals surface area contributed by atoms with Gasteiger partial charge in [-0.1, -0.05) is 42.2 Å². The number of fused-ring (bicyclic) bond motifs is 2. The smallest absolute Gasteiger partial charge is 0.303 e. The van der Waals surface area contributed by atoms with Crippen LogP contribution in [0.25, 0.3) is 0 Å². The SMILES string of the molecule is O=C(O)CCC(=O)CCCC(=O)N1Cc2ccccc2C#Cc2ccccc21. The average Bonchev–Trinajstić information content (AvgIpc) is 2.68. The fraction of sp³-hybridized carbons (Fsp3) is 0.261. The summed E-state index contributed by atoms with van der Waals surface area (Å²) in [6.07, 6.45) is 0.692. The topological polar surface area (TPSA) is 74.7 Å². The molecule has 0 atom stereocenters. The second kappa shape index (κ2) is 9.01. The summed E-state index contributed by atoms with van der Waals surface area (Å²) in [6.45, 7) is 0.424. The molecule has 28 heavy (non-hydrogen) atoms. The van der Waals surface area contributed by atoms with Crippen LogP contribution in [0, 0.1) is 11.8 Å². The Hall–Kier alpha value is -3.39. The number of carboxylic acid groups (broad SMARTS) is 1. The lowest BCUT2D eigenvalue weighted by atomic mass is 10.0. The number of hydrogen-bond donors (Lipinski definition) is 1. The van der Waals surface area contributed by atoms with Crippen molar-refractivity contribution in [3.63, 3.8) is 0 Å². The molecule has 0 fully saturated rings. The molecular formula is C23H21NO4. The molecule has 1 aliphatic rings. The standard InChI is InChI=1S/C23H21NO4/c25-20(14-15-23(27)28)9-5-11-22(26)24-16-19-8-2-1-6-17(19)12-13-18-7-3-4-10-21(18)24/h1-4,6-8,10H,5,9,11,14-16H2,(H,27,28). The van der Waals surface area contributed by atoms with E-state index in [-0.39, 0.29) is 37.4 Å². The van der Waals surface area contributed by atoms with Crippen LogP contribution in [0.5, 0.6) is 0 Å². The van der Waals surface area contributed by atoms with E-state index in [1.807, 2.05) is 48.5 Å². The highest BCUT2D eigenvalue weighted by Crippen LogP contribution is 2.26. The van der Waals surface area contributed by atoms with Crippen molar-refractivity contribution < 1.29 is 19.5 Å². The van der Waals surface area contributed by atoms with Crippen LogP contribution in [0.4, 0.5) is 5.69 Å². The molecule has 5 nitrogen and oxygen atoms in total. The van der Waals surface area contributed by atoms with Crippen LogP contribution in [-0.4, -0.2) is 22.8 Å². The molecule has 0 spiro atoms. The summed E-state index contributed by atoms with van der Waals surface area (Å²) in [7, 11) is 0. The molecule has 0 radical (unpaired) electrons. The van der Waals surface area contributed by atoms with Crippen molar-refractivity contribution in [2.75, 3.05) is 4.90 Å². The Balaban J connectivity index is 1.74. The Kier molecular flexibility index (Phi) is 6.23. The molecule has 2 aromatic carbocycles. The first-order chi connectivity index (χ1) is 13.5. The molecule has 0 aromatic heterocycles. The van der Waals surface area contributed by atoms with Crippen molar-refractivity contribution >= 4 is 23.3 Å². The molecule has 1 heterocycles. The van der Waals surface area contributed by atoms with Crippen molar-refractivity contribution in [3.05, 3.63) is 65.2 Å². The van der Waals surface area contributed by atoms with E-state index in [0.717, 1.165) is 22.4 Å². The van der Waals surface area contributed by atoms with Crippen LogP contribution in [0.15, 0.2) is 48.5 Å². The summed E-state index contributed by atoms with van der Waals surface area (Å²) in [6, 6.07) is 15.3. The third-order valence-corrected chi connectivity index (χ3v) is 4.64. The van der Waals surface area contributed by atoms with Crippen LogP contribution in [-0.2, 0) is 20.9 Å². The van der Waals surface area contributed by atoms with E-state index in [4.69, 9.17) is 5.11 Å². The van der Waals surface area contributed by atoms with Crippen LogP contribution < -0.4 is 4.90 Å². The molecule has 0 saturated heterocycles. The maximum absolute atomic E-state index is 13.0. The second-order valence-electron chi connectivity index (χ2n) is 6.69. The van der Waals surface area contributed by atoms with Crippen molar-refractivity contribution in [2.45, 2.75) is 38.6 Å². The van der Waals surface area contributed by atoms with Gasteiger partial charge in [0.25, 0.3) is 0 Å². The minimum Gasteiger partial charge on any atom is -0.481 e. The fourth-order valence-electron chi connectivity index (χ4n) is 3.15. The Morgan fingerprint density at radius 1 is 0.857 bits per heavy atom. The average molecular weight is 375 g/mol. The van der Waals surface area contributed by atoms with E-state index in [1.165, 1.54) is 0 Å². The van der Waals surface area contributed by atoms with E-state index in [2.05, 4.69) is 11.8 Å². The van der Waals surface area contributed by atoms with E-state index in [0.29, 0.717) is 13.0 Å². The minimum atomic E-state index is -0.985. The molecule has 5 heteroatoms. The predicted octanol–water partition coefficient (Wildman–Crippen LogP) is 3.54. The molecule has 142 valence electrons. The first-order valence-electron chi connectivity index (χ1n) is 9.27. The van der Waals surface area contributed by atoms with Gasteiger partial charge in [-0.3, -0.25) is 14.4 Å². The van der Waals surface area contributed by atoms with Gasteiger partial charge in [0.2, 0.25) is 5.91 Å². The molecule has 3 rings (SSSR count). The zero-order chi connectivity index (χ0) is 19.9. The van der Waals surface area contributed by atoms with Gasteiger partial charge in [0.1, 0.15) is 5.78 Å². The number of anilines is 1. The van der Waals surface area contributed by atoms with E-state index < -0.39 is 5.97 Å². The summed E-state index contributed by atoms with van der Waals surface area (Å²) >= 11 is 0. The lowest BCUT2D eigenvalue weighted by molar-refractivity contribution is -0.138. The molecule has 1 aliphatic heterocycles. The number of benzene rings is 2. The number of carbonyl (C=O) groups is 3. The Labute approximate surface area is 164 Å². The number of amides is 1. The number of aliphatic carboxylic acids is 1. The normalized spacial score (nSPS) is 11.9. The third kappa shape index (κ3) is 4.86. The van der Waals surface area contributed by atoms with Crippen molar-refractivity contribution in [3.8, 4) is 11.8 Å². The number of ketones is 1. The Morgan fingerprint density at radius 3 is 2.32 bits per heavy atom. The van der Waals surface area contributed by atoms with Gasteiger partial charge < -0.3 is 10.0 Å². The van der Waals surface area contributed by atoms with Gasteiger partial charge in [0.15, 0.2) is 0 Å². The number of rotatable bonds is 7. The largest absolute Gasteiger partial charge is 0.481 e. The van der Waals surface area contributed by atoms with Gasteiger partial charge >= 0.3 is 5.97 Å². The molecular weight excluding hydrogens is 354 g/mol. The van der Waals surface area contributed by atoms with Crippen molar-refractivity contribution in [1.29, 1.82) is 0 Å². The van der Waals surface area contributed by atoms with Gasteiger partial charge in [-0.15, -0.1) is 0 Å². The van der Waals surface area contributed by atoms with Crippen LogP contribution in [0.3, 0.4) is 0 Å². The number of Topliss-reactive ketones (excluding diaryl/α,β-unsaturated/α-hetero) is 1. The lowest BCUT2D eigenvalue weighted by Gasteiger charge is -2.26. The third-order valence-electron chi connectivity index (χ3n) is 4.64. The Bertz CT molecular complexity index is 968. The molecule has 0 saturated carbocycles. The zero-order valence-corrected chi connectivity index (χ0v) is 15.5. The quantitative estimate of drug-likeness (QED) is 0.751. The van der Waals surface area contributed by atoms with Gasteiger partial charge in [-0.05, 0) is 30.2 Å². The predicted molar refractivity (Wildman–Crippen MR) is 106 cm³/mol. The number of hydrogen-bond acceptors (Lipinski definition) is 3. The van der Waals surface area contributed by atoms with E-state index in [9.17, 15) is 14.4 Å². The number of para-hydroxylation sites is 1. The van der Waals surface area contributed by atoms with Gasteiger partial charge in [0, 0.05) is 30.4 Å². The Morgan fingerprint density at radius 2 is 1.54 bits per heavy atom. The highest BCUT2D eigenvalue weighted by atomic mass is 16.4. The zero-order valence-electron chi connectivity index (χ0n) is 15.5. The van der Waals surface area contributed by atoms with Crippen LogP contribution in [0.2, 0.25) is 0 Å². The highest BCUT2D eigenvalue weighted by Gasteiger charge is 2.21. The summed E-state index contributed by atoms with van der Waals surface area (Å²) < 4.78 is 0. The van der Waals surface area contributed by atoms with E-state index in [1.54, 1.807) is 4.90 Å². The van der Waals surface area contributed by atoms with Gasteiger partial charge in [0.05, 0.1) is 18.7 Å². The molecule has 2 aromatic rings. The number of carbonyl (C=O) groups excluding carboxylic acids is 2. The highest BCUT2D eigenvalue weighted by molar-refractivity contribution is 5.95. The molecule has 1 amide bonds. The number of carboxylic acids is 1.